The van der Waals surface area contributed by atoms with E-state index in [0.717, 1.165) is 0 Å². The maximum atomic E-state index is 12.0. The minimum Gasteiger partial charge on any atom is -0.375 e. The smallest absolute Gasteiger partial charge is 0.253 e. The van der Waals surface area contributed by atoms with E-state index in [2.05, 4.69) is 0 Å². The van der Waals surface area contributed by atoms with Gasteiger partial charge in [-0.2, -0.15) is 0 Å². The Balaban J connectivity index is 2.43. The molecule has 2 N–H and O–H groups in total. The minimum atomic E-state index is -0.591. The maximum Gasteiger partial charge on any atom is 0.253 e. The summed E-state index contributed by atoms with van der Waals surface area (Å²) in [6, 6.07) is 0. The van der Waals surface area contributed by atoms with Gasteiger partial charge in [0.1, 0.15) is 12.7 Å². The molecule has 7 heteroatoms. The van der Waals surface area contributed by atoms with E-state index in [1.54, 1.807) is 9.80 Å². The van der Waals surface area contributed by atoms with E-state index in [1.807, 2.05) is 0 Å². The molecule has 1 heterocycles. The highest BCUT2D eigenvalue weighted by atomic mass is 16.5. The Labute approximate surface area is 107 Å². The van der Waals surface area contributed by atoms with Crippen molar-refractivity contribution >= 4 is 11.8 Å². The van der Waals surface area contributed by atoms with Crippen molar-refractivity contribution in [3.63, 3.8) is 0 Å². The van der Waals surface area contributed by atoms with Gasteiger partial charge in [-0.15, -0.1) is 0 Å². The Hall–Kier alpha value is -1.18. The van der Waals surface area contributed by atoms with Gasteiger partial charge in [0.2, 0.25) is 5.91 Å². The second kappa shape index (κ2) is 7.30. The van der Waals surface area contributed by atoms with Crippen LogP contribution in [0, 0.1) is 0 Å². The Bertz CT molecular complexity index is 286. The summed E-state index contributed by atoms with van der Waals surface area (Å²) in [5, 5.41) is 0. The van der Waals surface area contributed by atoms with Gasteiger partial charge in [0.25, 0.3) is 5.91 Å². The molecule has 1 rings (SSSR count). The Morgan fingerprint density at radius 1 is 1.17 bits per heavy atom. The summed E-state index contributed by atoms with van der Waals surface area (Å²) < 4.78 is 9.81. The molecular weight excluding hydrogens is 238 g/mol. The number of amides is 2. The van der Waals surface area contributed by atoms with Crippen molar-refractivity contribution in [3.8, 4) is 0 Å². The first-order valence-corrected chi connectivity index (χ1v) is 5.92. The van der Waals surface area contributed by atoms with Crippen molar-refractivity contribution in [2.75, 3.05) is 53.6 Å². The van der Waals surface area contributed by atoms with E-state index < -0.39 is 6.10 Å². The summed E-state index contributed by atoms with van der Waals surface area (Å²) in [5.74, 6) is -0.162. The van der Waals surface area contributed by atoms with Crippen LogP contribution in [0.2, 0.25) is 0 Å². The quantitative estimate of drug-likeness (QED) is 0.634. The molecule has 104 valence electrons. The summed E-state index contributed by atoms with van der Waals surface area (Å²) in [6.07, 6.45) is -0.591. The molecule has 0 aromatic rings. The number of ether oxygens (including phenoxy) is 2. The molecule has 1 atom stereocenters. The highest BCUT2D eigenvalue weighted by molar-refractivity contribution is 5.82. The van der Waals surface area contributed by atoms with Crippen LogP contribution in [0.25, 0.3) is 0 Å². The van der Waals surface area contributed by atoms with Gasteiger partial charge in [0.15, 0.2) is 0 Å². The van der Waals surface area contributed by atoms with E-state index in [0.29, 0.717) is 26.2 Å². The predicted octanol–water partition coefficient (Wildman–Crippen LogP) is -1.72. The molecule has 7 nitrogen and oxygen atoms in total. The summed E-state index contributed by atoms with van der Waals surface area (Å²) >= 11 is 0. The van der Waals surface area contributed by atoms with Crippen LogP contribution in [0.5, 0.6) is 0 Å². The SMILES string of the molecule is COCC(=O)N1CCN(C(=O)C(CN)OC)CC1. The Kier molecular flexibility index (Phi) is 6.03. The summed E-state index contributed by atoms with van der Waals surface area (Å²) in [7, 11) is 2.95. The molecule has 1 saturated heterocycles. The third kappa shape index (κ3) is 3.66. The van der Waals surface area contributed by atoms with Crippen molar-refractivity contribution < 1.29 is 19.1 Å². The van der Waals surface area contributed by atoms with Gasteiger partial charge in [-0.3, -0.25) is 9.59 Å². The van der Waals surface area contributed by atoms with Gasteiger partial charge < -0.3 is 25.0 Å². The maximum absolute atomic E-state index is 12.0. The highest BCUT2D eigenvalue weighted by Gasteiger charge is 2.27. The van der Waals surface area contributed by atoms with Crippen molar-refractivity contribution in [3.05, 3.63) is 0 Å². The summed E-state index contributed by atoms with van der Waals surface area (Å²) in [5.41, 5.74) is 5.45. The third-order valence-electron chi connectivity index (χ3n) is 2.99. The molecule has 0 bridgehead atoms. The molecule has 1 aliphatic rings. The average Bonchev–Trinajstić information content (AvgIpc) is 2.40. The zero-order valence-corrected chi connectivity index (χ0v) is 10.9. The van der Waals surface area contributed by atoms with Crippen LogP contribution in [0.3, 0.4) is 0 Å². The van der Waals surface area contributed by atoms with Crippen LogP contribution in [-0.2, 0) is 19.1 Å². The number of rotatable bonds is 5. The summed E-state index contributed by atoms with van der Waals surface area (Å²) in [6.45, 7) is 2.31. The van der Waals surface area contributed by atoms with E-state index in [-0.39, 0.29) is 25.0 Å². The standard InChI is InChI=1S/C11H21N3O4/c1-17-8-10(15)13-3-5-14(6-4-13)11(16)9(7-12)18-2/h9H,3-8,12H2,1-2H3. The topological polar surface area (TPSA) is 85.1 Å². The van der Waals surface area contributed by atoms with Gasteiger partial charge in [0, 0.05) is 46.9 Å². The van der Waals surface area contributed by atoms with Gasteiger partial charge >= 0.3 is 0 Å². The molecule has 0 aliphatic carbocycles. The lowest BCUT2D eigenvalue weighted by molar-refractivity contribution is -0.147. The fraction of sp³-hybridized carbons (Fsp3) is 0.818. The van der Waals surface area contributed by atoms with Gasteiger partial charge in [-0.25, -0.2) is 0 Å². The number of hydrogen-bond donors (Lipinski definition) is 1. The summed E-state index contributed by atoms with van der Waals surface area (Å²) in [4.78, 5) is 26.9. The molecule has 0 saturated carbocycles. The average molecular weight is 259 g/mol. The first-order chi connectivity index (χ1) is 8.63. The zero-order chi connectivity index (χ0) is 13.5. The molecule has 0 aromatic carbocycles. The Morgan fingerprint density at radius 2 is 1.72 bits per heavy atom. The lowest BCUT2D eigenvalue weighted by atomic mass is 10.2. The largest absolute Gasteiger partial charge is 0.375 e. The Morgan fingerprint density at radius 3 is 2.17 bits per heavy atom. The minimum absolute atomic E-state index is 0.0493. The molecule has 1 fully saturated rings. The number of carbonyl (C=O) groups is 2. The van der Waals surface area contributed by atoms with Crippen molar-refractivity contribution in [1.29, 1.82) is 0 Å². The second-order valence-corrected chi connectivity index (χ2v) is 4.10. The van der Waals surface area contributed by atoms with Gasteiger partial charge in [-0.05, 0) is 0 Å². The lowest BCUT2D eigenvalue weighted by Crippen LogP contribution is -2.54. The van der Waals surface area contributed by atoms with Crippen LogP contribution in [0.15, 0.2) is 0 Å². The monoisotopic (exact) mass is 259 g/mol. The number of hydrogen-bond acceptors (Lipinski definition) is 5. The van der Waals surface area contributed by atoms with Crippen LogP contribution in [0.1, 0.15) is 0 Å². The van der Waals surface area contributed by atoms with Gasteiger partial charge in [-0.1, -0.05) is 0 Å². The van der Waals surface area contributed by atoms with E-state index in [1.165, 1.54) is 14.2 Å². The zero-order valence-electron chi connectivity index (χ0n) is 10.9. The van der Waals surface area contributed by atoms with E-state index in [4.69, 9.17) is 15.2 Å². The van der Waals surface area contributed by atoms with Crippen LogP contribution < -0.4 is 5.73 Å². The second-order valence-electron chi connectivity index (χ2n) is 4.10. The lowest BCUT2D eigenvalue weighted by Gasteiger charge is -2.35. The van der Waals surface area contributed by atoms with E-state index in [9.17, 15) is 9.59 Å². The first kappa shape index (κ1) is 14.9. The van der Waals surface area contributed by atoms with Crippen LogP contribution in [0.4, 0.5) is 0 Å². The molecule has 0 radical (unpaired) electrons. The van der Waals surface area contributed by atoms with Gasteiger partial charge in [0.05, 0.1) is 0 Å². The molecule has 2 amide bonds. The molecule has 1 aliphatic heterocycles. The van der Waals surface area contributed by atoms with Crippen LogP contribution >= 0.6 is 0 Å². The number of nitrogens with two attached hydrogens (primary N) is 1. The fourth-order valence-corrected chi connectivity index (χ4v) is 1.89. The van der Waals surface area contributed by atoms with Crippen molar-refractivity contribution in [2.45, 2.75) is 6.10 Å². The molecule has 1 unspecified atom stereocenters. The highest BCUT2D eigenvalue weighted by Crippen LogP contribution is 2.05. The molecule has 18 heavy (non-hydrogen) atoms. The molecule has 0 spiro atoms. The molecular formula is C11H21N3O4. The van der Waals surface area contributed by atoms with Crippen molar-refractivity contribution in [2.24, 2.45) is 5.73 Å². The normalized spacial score (nSPS) is 17.7. The fourth-order valence-electron chi connectivity index (χ4n) is 1.89. The van der Waals surface area contributed by atoms with Crippen LogP contribution in [-0.4, -0.2) is 81.3 Å². The van der Waals surface area contributed by atoms with Crippen molar-refractivity contribution in [1.82, 2.24) is 9.80 Å². The number of piperazine rings is 1. The third-order valence-corrected chi connectivity index (χ3v) is 2.99. The van der Waals surface area contributed by atoms with E-state index >= 15 is 0 Å². The number of nitrogens with zero attached hydrogens (tertiary/aromatic N) is 2. The predicted molar refractivity (Wildman–Crippen MR) is 64.9 cm³/mol. The molecule has 0 aromatic heterocycles. The number of carbonyl (C=O) groups excluding carboxylic acids is 2. The number of methoxy groups -OCH3 is 2. The first-order valence-electron chi connectivity index (χ1n) is 5.92.